The van der Waals surface area contributed by atoms with Gasteiger partial charge in [0.2, 0.25) is 0 Å². The number of nitrogens with zero attached hydrogens (tertiary/aromatic N) is 5. The van der Waals surface area contributed by atoms with Crippen LogP contribution in [-0.4, -0.2) is 35.1 Å². The van der Waals surface area contributed by atoms with Crippen molar-refractivity contribution in [2.75, 3.05) is 0 Å². The molecule has 7 nitrogen and oxygen atoms in total. The second kappa shape index (κ2) is 7.05. The molecular formula is C24H16FN7. The molecule has 6 aromatic rings. The molecule has 32 heavy (non-hydrogen) atoms. The first-order valence-electron chi connectivity index (χ1n) is 10.0. The monoisotopic (exact) mass is 421 g/mol. The van der Waals surface area contributed by atoms with Gasteiger partial charge in [-0.3, -0.25) is 15.1 Å². The molecule has 0 spiro atoms. The first-order chi connectivity index (χ1) is 15.7. The third kappa shape index (κ3) is 2.92. The fourth-order valence-corrected chi connectivity index (χ4v) is 3.84. The molecule has 0 unspecified atom stereocenters. The number of imidazole rings is 1. The summed E-state index contributed by atoms with van der Waals surface area (Å²) in [6.45, 7) is 2.03. The predicted octanol–water partition coefficient (Wildman–Crippen LogP) is 5.07. The van der Waals surface area contributed by atoms with Gasteiger partial charge in [0.1, 0.15) is 16.9 Å². The molecule has 0 saturated carbocycles. The van der Waals surface area contributed by atoms with E-state index in [1.807, 2.05) is 37.3 Å². The highest BCUT2D eigenvalue weighted by molar-refractivity contribution is 5.95. The second-order valence-corrected chi connectivity index (χ2v) is 7.51. The van der Waals surface area contributed by atoms with Gasteiger partial charge in [-0.25, -0.2) is 14.4 Å². The quantitative estimate of drug-likeness (QED) is 0.416. The number of benzene rings is 1. The highest BCUT2D eigenvalue weighted by Crippen LogP contribution is 2.31. The van der Waals surface area contributed by atoms with Gasteiger partial charge >= 0.3 is 0 Å². The molecule has 5 heterocycles. The molecule has 0 atom stereocenters. The fourth-order valence-electron chi connectivity index (χ4n) is 3.84. The van der Waals surface area contributed by atoms with Crippen molar-refractivity contribution >= 4 is 22.1 Å². The summed E-state index contributed by atoms with van der Waals surface area (Å²) in [5.74, 6) is 0.238. The third-order valence-electron chi connectivity index (χ3n) is 5.45. The molecule has 6 rings (SSSR count). The number of hydrogen-bond acceptors (Lipinski definition) is 5. The number of fused-ring (bicyclic) bond motifs is 2. The average molecular weight is 421 g/mol. The van der Waals surface area contributed by atoms with E-state index >= 15 is 0 Å². The maximum Gasteiger partial charge on any atom is 0.161 e. The number of aromatic amines is 2. The maximum absolute atomic E-state index is 13.8. The van der Waals surface area contributed by atoms with Crippen LogP contribution in [0.15, 0.2) is 67.1 Å². The van der Waals surface area contributed by atoms with Gasteiger partial charge < -0.3 is 4.98 Å². The van der Waals surface area contributed by atoms with E-state index in [0.717, 1.165) is 27.9 Å². The SMILES string of the molecule is Cc1ccncc1-c1ccc2[nH]nc(-c3nc4c(-c5cccc(F)c5)nccc4[nH]3)c2n1. The Kier molecular flexibility index (Phi) is 4.04. The Morgan fingerprint density at radius 3 is 2.66 bits per heavy atom. The lowest BCUT2D eigenvalue weighted by Crippen LogP contribution is -1.90. The van der Waals surface area contributed by atoms with E-state index in [0.29, 0.717) is 33.8 Å². The summed E-state index contributed by atoms with van der Waals surface area (Å²) in [6, 6.07) is 14.0. The predicted molar refractivity (Wildman–Crippen MR) is 120 cm³/mol. The van der Waals surface area contributed by atoms with Crippen molar-refractivity contribution in [1.29, 1.82) is 0 Å². The van der Waals surface area contributed by atoms with Crippen molar-refractivity contribution < 1.29 is 4.39 Å². The van der Waals surface area contributed by atoms with Crippen LogP contribution in [-0.2, 0) is 0 Å². The number of aromatic nitrogens is 7. The van der Waals surface area contributed by atoms with Crippen LogP contribution in [0, 0.1) is 12.7 Å². The smallest absolute Gasteiger partial charge is 0.161 e. The molecule has 0 bridgehead atoms. The van der Waals surface area contributed by atoms with Crippen LogP contribution in [0.2, 0.25) is 0 Å². The van der Waals surface area contributed by atoms with Crippen molar-refractivity contribution in [3.63, 3.8) is 0 Å². The molecule has 5 aromatic heterocycles. The Morgan fingerprint density at radius 2 is 1.78 bits per heavy atom. The van der Waals surface area contributed by atoms with E-state index in [4.69, 9.17) is 9.97 Å². The minimum absolute atomic E-state index is 0.321. The summed E-state index contributed by atoms with van der Waals surface area (Å²) in [5, 5.41) is 7.48. The Labute approximate surface area is 181 Å². The van der Waals surface area contributed by atoms with Gasteiger partial charge in [-0.1, -0.05) is 12.1 Å². The van der Waals surface area contributed by atoms with Crippen LogP contribution in [0.3, 0.4) is 0 Å². The number of hydrogen-bond donors (Lipinski definition) is 2. The number of pyridine rings is 3. The molecule has 154 valence electrons. The lowest BCUT2D eigenvalue weighted by atomic mass is 10.1. The number of rotatable bonds is 3. The van der Waals surface area contributed by atoms with Crippen LogP contribution in [0.1, 0.15) is 5.56 Å². The van der Waals surface area contributed by atoms with E-state index < -0.39 is 0 Å². The summed E-state index contributed by atoms with van der Waals surface area (Å²) < 4.78 is 13.8. The van der Waals surface area contributed by atoms with Gasteiger partial charge in [0.05, 0.1) is 22.4 Å². The molecule has 0 aliphatic carbocycles. The molecule has 0 saturated heterocycles. The van der Waals surface area contributed by atoms with E-state index in [-0.39, 0.29) is 5.82 Å². The van der Waals surface area contributed by atoms with Crippen molar-refractivity contribution in [3.8, 4) is 34.0 Å². The zero-order valence-electron chi connectivity index (χ0n) is 17.0. The van der Waals surface area contributed by atoms with Crippen LogP contribution >= 0.6 is 0 Å². The van der Waals surface area contributed by atoms with Crippen molar-refractivity contribution in [1.82, 2.24) is 35.1 Å². The van der Waals surface area contributed by atoms with Crippen molar-refractivity contribution in [2.24, 2.45) is 0 Å². The zero-order chi connectivity index (χ0) is 21.7. The summed E-state index contributed by atoms with van der Waals surface area (Å²) in [4.78, 5) is 21.6. The Morgan fingerprint density at radius 1 is 0.875 bits per heavy atom. The molecule has 1 aromatic carbocycles. The first kappa shape index (κ1) is 18.3. The lowest BCUT2D eigenvalue weighted by Gasteiger charge is -2.04. The molecule has 0 amide bonds. The van der Waals surface area contributed by atoms with Crippen LogP contribution in [0.5, 0.6) is 0 Å². The van der Waals surface area contributed by atoms with E-state index in [1.54, 1.807) is 24.7 Å². The molecule has 2 N–H and O–H groups in total. The molecular weight excluding hydrogens is 405 g/mol. The van der Waals surface area contributed by atoms with E-state index in [1.165, 1.54) is 12.1 Å². The number of halogens is 1. The fraction of sp³-hybridized carbons (Fsp3) is 0.0417. The van der Waals surface area contributed by atoms with Crippen LogP contribution in [0.4, 0.5) is 4.39 Å². The lowest BCUT2D eigenvalue weighted by molar-refractivity contribution is 0.628. The standard InChI is InChI=1S/C24H16FN7/c1-13-7-9-26-12-16(13)17-5-6-19-22(28-17)23(32-31-19)24-29-18-8-10-27-20(21(18)30-24)14-3-2-4-15(25)11-14/h2-12H,1H3,(H,29,30)(H,31,32). The topological polar surface area (TPSA) is 96.0 Å². The van der Waals surface area contributed by atoms with Gasteiger partial charge in [-0.2, -0.15) is 5.10 Å². The van der Waals surface area contributed by atoms with Gasteiger partial charge in [0, 0.05) is 29.7 Å². The van der Waals surface area contributed by atoms with Gasteiger partial charge in [-0.15, -0.1) is 0 Å². The normalized spacial score (nSPS) is 11.4. The largest absolute Gasteiger partial charge is 0.336 e. The maximum atomic E-state index is 13.8. The summed E-state index contributed by atoms with van der Waals surface area (Å²) in [6.07, 6.45) is 5.25. The van der Waals surface area contributed by atoms with Crippen LogP contribution in [0.25, 0.3) is 56.1 Å². The summed E-state index contributed by atoms with van der Waals surface area (Å²) in [5.41, 5.74) is 7.65. The van der Waals surface area contributed by atoms with E-state index in [9.17, 15) is 4.39 Å². The highest BCUT2D eigenvalue weighted by atomic mass is 19.1. The number of nitrogens with one attached hydrogen (secondary N) is 2. The van der Waals surface area contributed by atoms with Crippen molar-refractivity contribution in [3.05, 3.63) is 78.5 Å². The summed E-state index contributed by atoms with van der Waals surface area (Å²) in [7, 11) is 0. The van der Waals surface area contributed by atoms with Gasteiger partial charge in [0.25, 0.3) is 0 Å². The molecule has 0 radical (unpaired) electrons. The Bertz CT molecular complexity index is 1620. The molecule has 0 aliphatic heterocycles. The van der Waals surface area contributed by atoms with Crippen molar-refractivity contribution in [2.45, 2.75) is 6.92 Å². The minimum atomic E-state index is -0.321. The Hall–Kier alpha value is -4.46. The van der Waals surface area contributed by atoms with E-state index in [2.05, 4.69) is 25.1 Å². The number of aryl methyl sites for hydroxylation is 1. The molecule has 0 fully saturated rings. The second-order valence-electron chi connectivity index (χ2n) is 7.51. The van der Waals surface area contributed by atoms with Gasteiger partial charge in [0.15, 0.2) is 11.5 Å². The first-order valence-corrected chi connectivity index (χ1v) is 10.0. The molecule has 8 heteroatoms. The third-order valence-corrected chi connectivity index (χ3v) is 5.45. The van der Waals surface area contributed by atoms with Crippen LogP contribution < -0.4 is 0 Å². The Balaban J connectivity index is 1.52. The highest BCUT2D eigenvalue weighted by Gasteiger charge is 2.17. The average Bonchev–Trinajstić information content (AvgIpc) is 3.42. The minimum Gasteiger partial charge on any atom is -0.336 e. The number of H-pyrrole nitrogens is 2. The molecule has 0 aliphatic rings. The summed E-state index contributed by atoms with van der Waals surface area (Å²) >= 11 is 0. The zero-order valence-corrected chi connectivity index (χ0v) is 17.0. The van der Waals surface area contributed by atoms with Gasteiger partial charge in [-0.05, 0) is 48.9 Å².